The second-order valence-corrected chi connectivity index (χ2v) is 9.46. The average Bonchev–Trinajstić information content (AvgIpc) is 3.35. The number of esters is 2. The van der Waals surface area contributed by atoms with Gasteiger partial charge < -0.3 is 19.4 Å². The predicted octanol–water partition coefficient (Wildman–Crippen LogP) is 5.44. The molecule has 0 saturated carbocycles. The van der Waals surface area contributed by atoms with Crippen molar-refractivity contribution in [1.82, 2.24) is 9.88 Å². The quantitative estimate of drug-likeness (QED) is 0.252. The number of para-hydroxylation sites is 1. The van der Waals surface area contributed by atoms with Gasteiger partial charge in [-0.15, -0.1) is 0 Å². The summed E-state index contributed by atoms with van der Waals surface area (Å²) in [7, 11) is 0. The van der Waals surface area contributed by atoms with Crippen LogP contribution < -0.4 is 4.74 Å². The summed E-state index contributed by atoms with van der Waals surface area (Å²) in [6, 6.07) is 24.1. The number of nitrogens with one attached hydrogen (secondary N) is 1. The SMILES string of the molecule is O=C(Cc1c[nH]c2ccccc12)Oc1ccc(C(=O)N2CCCCC2OC(=O)CCc2ccccc2)cc1. The first-order chi connectivity index (χ1) is 18.6. The molecule has 194 valence electrons. The summed E-state index contributed by atoms with van der Waals surface area (Å²) >= 11 is 0. The summed E-state index contributed by atoms with van der Waals surface area (Å²) in [6.45, 7) is 0.525. The number of aromatic amines is 1. The molecule has 1 aliphatic heterocycles. The summed E-state index contributed by atoms with van der Waals surface area (Å²) in [6.07, 6.45) is 4.61. The van der Waals surface area contributed by atoms with Gasteiger partial charge in [0.2, 0.25) is 0 Å². The van der Waals surface area contributed by atoms with Gasteiger partial charge in [0.05, 0.1) is 6.42 Å². The Morgan fingerprint density at radius 2 is 1.63 bits per heavy atom. The minimum Gasteiger partial charge on any atom is -0.441 e. The zero-order valence-electron chi connectivity index (χ0n) is 21.1. The maximum atomic E-state index is 13.3. The molecule has 3 aromatic carbocycles. The van der Waals surface area contributed by atoms with E-state index in [-0.39, 0.29) is 30.7 Å². The van der Waals surface area contributed by atoms with Crippen LogP contribution in [0.4, 0.5) is 0 Å². The topological polar surface area (TPSA) is 88.7 Å². The van der Waals surface area contributed by atoms with Gasteiger partial charge in [0.15, 0.2) is 6.23 Å². The number of H-pyrrole nitrogens is 1. The molecule has 7 heteroatoms. The van der Waals surface area contributed by atoms with Gasteiger partial charge in [-0.05, 0) is 60.7 Å². The maximum absolute atomic E-state index is 13.3. The van der Waals surface area contributed by atoms with Crippen molar-refractivity contribution in [1.29, 1.82) is 0 Å². The van der Waals surface area contributed by atoms with E-state index in [9.17, 15) is 14.4 Å². The van der Waals surface area contributed by atoms with Crippen molar-refractivity contribution in [3.8, 4) is 5.75 Å². The van der Waals surface area contributed by atoms with Gasteiger partial charge in [-0.2, -0.15) is 0 Å². The first kappa shape index (κ1) is 25.3. The molecule has 2 heterocycles. The van der Waals surface area contributed by atoms with E-state index in [1.807, 2.05) is 60.8 Å². The number of fused-ring (bicyclic) bond motifs is 1. The summed E-state index contributed by atoms with van der Waals surface area (Å²) < 4.78 is 11.2. The van der Waals surface area contributed by atoms with Gasteiger partial charge in [-0.1, -0.05) is 48.5 Å². The standard InChI is InChI=1S/C31H30N2O5/c34-29(18-13-22-8-2-1-3-9-22)38-28-12-6-7-19-33(28)31(36)23-14-16-25(17-15-23)37-30(35)20-24-21-32-27-11-5-4-10-26(24)27/h1-5,8-11,14-17,21,28,32H,6-7,12-13,18-20H2. The highest BCUT2D eigenvalue weighted by atomic mass is 16.6. The number of benzene rings is 3. The largest absolute Gasteiger partial charge is 0.441 e. The van der Waals surface area contributed by atoms with Gasteiger partial charge >= 0.3 is 11.9 Å². The van der Waals surface area contributed by atoms with Gasteiger partial charge in [-0.3, -0.25) is 14.4 Å². The summed E-state index contributed by atoms with van der Waals surface area (Å²) in [4.78, 5) is 43.1. The molecule has 1 aliphatic rings. The smallest absolute Gasteiger partial charge is 0.315 e. The first-order valence-electron chi connectivity index (χ1n) is 13.0. The fraction of sp³-hybridized carbons (Fsp3) is 0.258. The van der Waals surface area contributed by atoms with Crippen LogP contribution in [-0.4, -0.2) is 40.5 Å². The number of rotatable bonds is 8. The van der Waals surface area contributed by atoms with Crippen LogP contribution in [0.25, 0.3) is 10.9 Å². The van der Waals surface area contributed by atoms with Crippen LogP contribution in [0.15, 0.2) is 85.1 Å². The third kappa shape index (κ3) is 6.11. The number of amides is 1. The summed E-state index contributed by atoms with van der Waals surface area (Å²) in [5.74, 6) is -0.528. The minimum absolute atomic E-state index is 0.135. The zero-order valence-corrected chi connectivity index (χ0v) is 21.1. The fourth-order valence-corrected chi connectivity index (χ4v) is 4.79. The molecule has 0 radical (unpaired) electrons. The monoisotopic (exact) mass is 510 g/mol. The molecule has 1 saturated heterocycles. The molecule has 4 aromatic rings. The predicted molar refractivity (Wildman–Crippen MR) is 144 cm³/mol. The van der Waals surface area contributed by atoms with Crippen molar-refractivity contribution in [3.63, 3.8) is 0 Å². The molecule has 0 aliphatic carbocycles. The number of likely N-dealkylation sites (tertiary alicyclic amines) is 1. The Morgan fingerprint density at radius 1 is 0.868 bits per heavy atom. The van der Waals surface area contributed by atoms with Crippen LogP contribution in [-0.2, 0) is 27.2 Å². The number of carbonyl (C=O) groups excluding carboxylic acids is 3. The number of carbonyl (C=O) groups is 3. The van der Waals surface area contributed by atoms with Crippen LogP contribution >= 0.6 is 0 Å². The normalized spacial score (nSPS) is 15.3. The van der Waals surface area contributed by atoms with Gasteiger partial charge in [0.1, 0.15) is 5.75 Å². The van der Waals surface area contributed by atoms with Gasteiger partial charge in [0.25, 0.3) is 5.91 Å². The van der Waals surface area contributed by atoms with Crippen LogP contribution in [0.2, 0.25) is 0 Å². The van der Waals surface area contributed by atoms with E-state index < -0.39 is 6.23 Å². The lowest BCUT2D eigenvalue weighted by Gasteiger charge is -2.35. The number of piperidine rings is 1. The van der Waals surface area contributed by atoms with E-state index in [1.54, 1.807) is 29.2 Å². The van der Waals surface area contributed by atoms with Crippen LogP contribution in [0.5, 0.6) is 5.75 Å². The Hall–Kier alpha value is -4.39. The molecule has 1 N–H and O–H groups in total. The molecule has 1 aromatic heterocycles. The molecule has 38 heavy (non-hydrogen) atoms. The highest BCUT2D eigenvalue weighted by Gasteiger charge is 2.30. The molecule has 0 bridgehead atoms. The molecule has 1 atom stereocenters. The van der Waals surface area contributed by atoms with E-state index in [2.05, 4.69) is 4.98 Å². The highest BCUT2D eigenvalue weighted by Crippen LogP contribution is 2.23. The van der Waals surface area contributed by atoms with Crippen molar-refractivity contribution >= 4 is 28.7 Å². The van der Waals surface area contributed by atoms with E-state index in [1.165, 1.54) is 0 Å². The van der Waals surface area contributed by atoms with Crippen LogP contribution in [0.3, 0.4) is 0 Å². The Kier molecular flexibility index (Phi) is 7.83. The van der Waals surface area contributed by atoms with E-state index in [0.717, 1.165) is 34.9 Å². The van der Waals surface area contributed by atoms with Gasteiger partial charge in [-0.25, -0.2) is 0 Å². The number of ether oxygens (including phenoxy) is 2. The van der Waals surface area contributed by atoms with E-state index >= 15 is 0 Å². The summed E-state index contributed by atoms with van der Waals surface area (Å²) in [5, 5.41) is 0.988. The third-order valence-electron chi connectivity index (χ3n) is 6.78. The molecule has 1 amide bonds. The molecule has 7 nitrogen and oxygen atoms in total. The number of hydrogen-bond acceptors (Lipinski definition) is 5. The first-order valence-corrected chi connectivity index (χ1v) is 13.0. The zero-order chi connectivity index (χ0) is 26.3. The van der Waals surface area contributed by atoms with Crippen LogP contribution in [0.1, 0.15) is 47.2 Å². The number of hydrogen-bond donors (Lipinski definition) is 1. The molecule has 0 spiro atoms. The lowest BCUT2D eigenvalue weighted by atomic mass is 10.1. The number of aromatic nitrogens is 1. The second kappa shape index (κ2) is 11.8. The van der Waals surface area contributed by atoms with Crippen molar-refractivity contribution < 1.29 is 23.9 Å². The molecular weight excluding hydrogens is 480 g/mol. The second-order valence-electron chi connectivity index (χ2n) is 9.46. The van der Waals surface area contributed by atoms with Crippen molar-refractivity contribution in [2.45, 2.75) is 44.8 Å². The Bertz CT molecular complexity index is 1410. The molecule has 5 rings (SSSR count). The maximum Gasteiger partial charge on any atom is 0.315 e. The lowest BCUT2D eigenvalue weighted by Crippen LogP contribution is -2.46. The van der Waals surface area contributed by atoms with E-state index in [4.69, 9.17) is 9.47 Å². The molecule has 1 unspecified atom stereocenters. The number of nitrogens with zero attached hydrogens (tertiary/aromatic N) is 1. The lowest BCUT2D eigenvalue weighted by molar-refractivity contribution is -0.159. The molecular formula is C31H30N2O5. The average molecular weight is 511 g/mol. The Morgan fingerprint density at radius 3 is 2.45 bits per heavy atom. The molecule has 1 fully saturated rings. The van der Waals surface area contributed by atoms with Crippen molar-refractivity contribution in [2.75, 3.05) is 6.54 Å². The Labute approximate surface area is 221 Å². The van der Waals surface area contributed by atoms with Crippen molar-refractivity contribution in [3.05, 3.63) is 102 Å². The highest BCUT2D eigenvalue weighted by molar-refractivity contribution is 5.95. The van der Waals surface area contributed by atoms with Gasteiger partial charge in [0, 0.05) is 42.0 Å². The minimum atomic E-state index is -0.576. The van der Waals surface area contributed by atoms with Crippen molar-refractivity contribution in [2.24, 2.45) is 0 Å². The van der Waals surface area contributed by atoms with Crippen LogP contribution in [0, 0.1) is 0 Å². The van der Waals surface area contributed by atoms with E-state index in [0.29, 0.717) is 30.7 Å². The summed E-state index contributed by atoms with van der Waals surface area (Å²) in [5.41, 5.74) is 3.36. The fourth-order valence-electron chi connectivity index (χ4n) is 4.79. The Balaban J connectivity index is 1.17. The third-order valence-corrected chi connectivity index (χ3v) is 6.78. The number of aryl methyl sites for hydroxylation is 1.